The van der Waals surface area contributed by atoms with Gasteiger partial charge in [0.1, 0.15) is 0 Å². The van der Waals surface area contributed by atoms with Gasteiger partial charge in [0, 0.05) is 12.5 Å². The second-order valence-corrected chi connectivity index (χ2v) is 4.46. The second-order valence-electron chi connectivity index (χ2n) is 4.46. The maximum absolute atomic E-state index is 11.4. The van der Waals surface area contributed by atoms with E-state index in [1.165, 1.54) is 25.7 Å². The van der Waals surface area contributed by atoms with Crippen LogP contribution in [0.25, 0.3) is 0 Å². The molecule has 0 aromatic carbocycles. The summed E-state index contributed by atoms with van der Waals surface area (Å²) in [6.45, 7) is 5.36. The maximum Gasteiger partial charge on any atom is 0.223 e. The molecule has 1 amide bonds. The van der Waals surface area contributed by atoms with E-state index in [9.17, 15) is 4.79 Å². The Hall–Kier alpha value is -0.530. The highest BCUT2D eigenvalue weighted by Gasteiger charge is 2.26. The van der Waals surface area contributed by atoms with Crippen LogP contribution in [0.3, 0.4) is 0 Å². The summed E-state index contributed by atoms with van der Waals surface area (Å²) in [5.41, 5.74) is 0. The Morgan fingerprint density at radius 1 is 1.36 bits per heavy atom. The van der Waals surface area contributed by atoms with Crippen molar-refractivity contribution in [3.8, 4) is 0 Å². The van der Waals surface area contributed by atoms with Gasteiger partial charge in [-0.1, -0.05) is 39.5 Å². The van der Waals surface area contributed by atoms with Gasteiger partial charge in [-0.25, -0.2) is 0 Å². The third-order valence-corrected chi connectivity index (χ3v) is 3.17. The molecular formula is C12H23NO. The molecule has 0 aliphatic carbocycles. The molecule has 1 fully saturated rings. The Morgan fingerprint density at radius 3 is 2.43 bits per heavy atom. The first-order valence-electron chi connectivity index (χ1n) is 6.05. The van der Waals surface area contributed by atoms with Gasteiger partial charge < -0.3 is 5.32 Å². The number of hydrogen-bond donors (Lipinski definition) is 1. The van der Waals surface area contributed by atoms with Crippen molar-refractivity contribution in [3.63, 3.8) is 0 Å². The van der Waals surface area contributed by atoms with Gasteiger partial charge >= 0.3 is 0 Å². The highest BCUT2D eigenvalue weighted by molar-refractivity contribution is 5.80. The standard InChI is InChI=1S/C12H23NO/c1-3-5-10(6-4-2)9-11-7-8-13-12(11)14/h10-11H,3-9H2,1-2H3,(H,13,14). The second kappa shape index (κ2) is 6.05. The largest absolute Gasteiger partial charge is 0.356 e. The lowest BCUT2D eigenvalue weighted by Gasteiger charge is -2.17. The van der Waals surface area contributed by atoms with Crippen molar-refractivity contribution >= 4 is 5.91 Å². The number of rotatable bonds is 6. The zero-order valence-corrected chi connectivity index (χ0v) is 9.51. The van der Waals surface area contributed by atoms with Crippen LogP contribution in [0.5, 0.6) is 0 Å². The van der Waals surface area contributed by atoms with Crippen LogP contribution in [0.15, 0.2) is 0 Å². The first-order chi connectivity index (χ1) is 6.77. The minimum atomic E-state index is 0.294. The minimum Gasteiger partial charge on any atom is -0.356 e. The molecule has 1 unspecified atom stereocenters. The van der Waals surface area contributed by atoms with Crippen LogP contribution in [-0.2, 0) is 4.79 Å². The normalized spacial score (nSPS) is 21.6. The Kier molecular flexibility index (Phi) is 4.99. The average molecular weight is 197 g/mol. The van der Waals surface area contributed by atoms with E-state index in [0.29, 0.717) is 11.8 Å². The Labute approximate surface area is 87.5 Å². The fraction of sp³-hybridized carbons (Fsp3) is 0.917. The molecule has 1 atom stereocenters. The number of nitrogens with one attached hydrogen (secondary N) is 1. The number of amides is 1. The van der Waals surface area contributed by atoms with Crippen LogP contribution in [0.2, 0.25) is 0 Å². The molecule has 0 bridgehead atoms. The van der Waals surface area contributed by atoms with E-state index in [1.807, 2.05) is 0 Å². The zero-order chi connectivity index (χ0) is 10.4. The molecule has 0 spiro atoms. The van der Waals surface area contributed by atoms with Gasteiger partial charge in [0.25, 0.3) is 0 Å². The van der Waals surface area contributed by atoms with E-state index in [4.69, 9.17) is 0 Å². The highest BCUT2D eigenvalue weighted by atomic mass is 16.2. The van der Waals surface area contributed by atoms with E-state index >= 15 is 0 Å². The molecule has 0 aromatic heterocycles. The average Bonchev–Trinajstić information content (AvgIpc) is 2.53. The lowest BCUT2D eigenvalue weighted by Crippen LogP contribution is -2.21. The van der Waals surface area contributed by atoms with Gasteiger partial charge in [0.2, 0.25) is 5.91 Å². The van der Waals surface area contributed by atoms with E-state index in [0.717, 1.165) is 25.3 Å². The molecule has 14 heavy (non-hydrogen) atoms. The Bertz CT molecular complexity index is 173. The van der Waals surface area contributed by atoms with E-state index in [-0.39, 0.29) is 0 Å². The third kappa shape index (κ3) is 3.32. The van der Waals surface area contributed by atoms with Gasteiger partial charge in [-0.05, 0) is 18.8 Å². The van der Waals surface area contributed by atoms with Crippen LogP contribution in [-0.4, -0.2) is 12.5 Å². The molecule has 0 saturated carbocycles. The molecule has 2 heteroatoms. The van der Waals surface area contributed by atoms with Gasteiger partial charge in [-0.2, -0.15) is 0 Å². The van der Waals surface area contributed by atoms with Crippen molar-refractivity contribution in [1.82, 2.24) is 5.32 Å². The molecule has 0 radical (unpaired) electrons. The summed E-state index contributed by atoms with van der Waals surface area (Å²) in [6, 6.07) is 0. The fourth-order valence-electron chi connectivity index (χ4n) is 2.47. The summed E-state index contributed by atoms with van der Waals surface area (Å²) in [5.74, 6) is 1.39. The fourth-order valence-corrected chi connectivity index (χ4v) is 2.47. The Morgan fingerprint density at radius 2 is 2.00 bits per heavy atom. The van der Waals surface area contributed by atoms with Gasteiger partial charge in [0.05, 0.1) is 0 Å². The number of carbonyl (C=O) groups is 1. The van der Waals surface area contributed by atoms with Crippen molar-refractivity contribution < 1.29 is 4.79 Å². The SMILES string of the molecule is CCCC(CCC)CC1CCNC1=O. The predicted octanol–water partition coefficient (Wildman–Crippen LogP) is 2.73. The van der Waals surface area contributed by atoms with Crippen molar-refractivity contribution in [1.29, 1.82) is 0 Å². The van der Waals surface area contributed by atoms with Crippen molar-refractivity contribution in [3.05, 3.63) is 0 Å². The van der Waals surface area contributed by atoms with E-state index < -0.39 is 0 Å². The van der Waals surface area contributed by atoms with Crippen molar-refractivity contribution in [2.45, 2.75) is 52.4 Å². The molecule has 1 saturated heterocycles. The van der Waals surface area contributed by atoms with Crippen LogP contribution in [0.4, 0.5) is 0 Å². The van der Waals surface area contributed by atoms with Gasteiger partial charge in [-0.3, -0.25) is 4.79 Å². The van der Waals surface area contributed by atoms with Crippen LogP contribution >= 0.6 is 0 Å². The summed E-state index contributed by atoms with van der Waals surface area (Å²) < 4.78 is 0. The quantitative estimate of drug-likeness (QED) is 0.697. The lowest BCUT2D eigenvalue weighted by atomic mass is 9.87. The van der Waals surface area contributed by atoms with Crippen molar-refractivity contribution in [2.75, 3.05) is 6.54 Å². The van der Waals surface area contributed by atoms with E-state index in [2.05, 4.69) is 19.2 Å². The third-order valence-electron chi connectivity index (χ3n) is 3.17. The smallest absolute Gasteiger partial charge is 0.223 e. The highest BCUT2D eigenvalue weighted by Crippen LogP contribution is 2.26. The molecule has 1 rings (SSSR count). The minimum absolute atomic E-state index is 0.294. The zero-order valence-electron chi connectivity index (χ0n) is 9.51. The topological polar surface area (TPSA) is 29.1 Å². The molecule has 0 aromatic rings. The van der Waals surface area contributed by atoms with Crippen LogP contribution in [0, 0.1) is 11.8 Å². The van der Waals surface area contributed by atoms with Gasteiger partial charge in [0.15, 0.2) is 0 Å². The van der Waals surface area contributed by atoms with Crippen molar-refractivity contribution in [2.24, 2.45) is 11.8 Å². The number of hydrogen-bond acceptors (Lipinski definition) is 1. The lowest BCUT2D eigenvalue weighted by molar-refractivity contribution is -0.122. The summed E-state index contributed by atoms with van der Waals surface area (Å²) in [7, 11) is 0. The summed E-state index contributed by atoms with van der Waals surface area (Å²) in [6.07, 6.45) is 7.25. The molecule has 2 nitrogen and oxygen atoms in total. The van der Waals surface area contributed by atoms with Crippen LogP contribution < -0.4 is 5.32 Å². The van der Waals surface area contributed by atoms with Crippen LogP contribution in [0.1, 0.15) is 52.4 Å². The molecule has 1 N–H and O–H groups in total. The summed E-state index contributed by atoms with van der Waals surface area (Å²) in [5, 5.41) is 2.92. The molecule has 82 valence electrons. The first kappa shape index (κ1) is 11.5. The Balaban J connectivity index is 2.33. The van der Waals surface area contributed by atoms with E-state index in [1.54, 1.807) is 0 Å². The number of carbonyl (C=O) groups excluding carboxylic acids is 1. The monoisotopic (exact) mass is 197 g/mol. The van der Waals surface area contributed by atoms with Gasteiger partial charge in [-0.15, -0.1) is 0 Å². The maximum atomic E-state index is 11.4. The molecule has 1 aliphatic heterocycles. The summed E-state index contributed by atoms with van der Waals surface area (Å²) >= 11 is 0. The predicted molar refractivity (Wildman–Crippen MR) is 59.0 cm³/mol. The molecule has 1 aliphatic rings. The summed E-state index contributed by atoms with van der Waals surface area (Å²) in [4.78, 5) is 11.4. The first-order valence-corrected chi connectivity index (χ1v) is 6.05. The molecule has 1 heterocycles. The molecular weight excluding hydrogens is 174 g/mol.